The lowest BCUT2D eigenvalue weighted by Gasteiger charge is -2.33. The molecule has 1 aromatic heterocycles. The number of guanidine groups is 1. The number of aryl methyl sites for hydroxylation is 1. The third-order valence-corrected chi connectivity index (χ3v) is 4.84. The Kier molecular flexibility index (Phi) is 10.3. The van der Waals surface area contributed by atoms with Crippen LogP contribution in [0.5, 0.6) is 0 Å². The van der Waals surface area contributed by atoms with Gasteiger partial charge in [-0.1, -0.05) is 12.2 Å². The van der Waals surface area contributed by atoms with Crippen LogP contribution in [0.15, 0.2) is 29.5 Å². The molecule has 1 aliphatic heterocycles. The van der Waals surface area contributed by atoms with Crippen molar-refractivity contribution in [2.24, 2.45) is 12.0 Å². The van der Waals surface area contributed by atoms with Crippen LogP contribution in [0, 0.1) is 0 Å². The Balaban J connectivity index is 0.00000364. The van der Waals surface area contributed by atoms with Crippen LogP contribution in [0.4, 0.5) is 0 Å². The molecule has 7 nitrogen and oxygen atoms in total. The van der Waals surface area contributed by atoms with Gasteiger partial charge in [0, 0.05) is 58.1 Å². The molecule has 0 spiro atoms. The van der Waals surface area contributed by atoms with E-state index in [0.717, 1.165) is 45.0 Å². The van der Waals surface area contributed by atoms with Crippen molar-refractivity contribution in [1.82, 2.24) is 30.2 Å². The second-order valence-electron chi connectivity index (χ2n) is 7.53. The number of nitrogens with zero attached hydrogens (tertiary/aromatic N) is 5. The van der Waals surface area contributed by atoms with Crippen molar-refractivity contribution < 1.29 is 0 Å². The molecule has 0 amide bonds. The molecule has 0 bridgehead atoms. The molecular formula is C19H36IN7. The number of hydrogen-bond acceptors (Lipinski definition) is 4. The summed E-state index contributed by atoms with van der Waals surface area (Å²) in [5.74, 6) is 0.874. The van der Waals surface area contributed by atoms with Gasteiger partial charge in [0.25, 0.3) is 0 Å². The predicted molar refractivity (Wildman–Crippen MR) is 124 cm³/mol. The summed E-state index contributed by atoms with van der Waals surface area (Å²) in [6.45, 7) is 10.1. The SMILES string of the molecule is C=C(C)CN1CCC(NC(=NC)NCC(c2cnn(C)c2)N(C)C)CC1.I. The number of likely N-dealkylation sites (N-methyl/N-ethyl adjacent to an activating group) is 1. The monoisotopic (exact) mass is 489 g/mol. The Labute approximate surface area is 181 Å². The summed E-state index contributed by atoms with van der Waals surface area (Å²) in [6, 6.07) is 0.721. The molecule has 0 aliphatic carbocycles. The zero-order valence-electron chi connectivity index (χ0n) is 17.4. The van der Waals surface area contributed by atoms with E-state index in [-0.39, 0.29) is 30.0 Å². The summed E-state index contributed by atoms with van der Waals surface area (Å²) in [5.41, 5.74) is 2.44. The number of halogens is 1. The Bertz CT molecular complexity index is 603. The molecule has 0 radical (unpaired) electrons. The number of nitrogens with one attached hydrogen (secondary N) is 2. The van der Waals surface area contributed by atoms with E-state index in [0.29, 0.717) is 6.04 Å². The van der Waals surface area contributed by atoms with Gasteiger partial charge in [0.2, 0.25) is 0 Å². The van der Waals surface area contributed by atoms with Crippen LogP contribution in [0.25, 0.3) is 0 Å². The molecule has 2 heterocycles. The van der Waals surface area contributed by atoms with Crippen molar-refractivity contribution >= 4 is 29.9 Å². The third kappa shape index (κ3) is 7.79. The maximum absolute atomic E-state index is 4.41. The predicted octanol–water partition coefficient (Wildman–Crippen LogP) is 1.85. The Morgan fingerprint density at radius 2 is 2.07 bits per heavy atom. The molecule has 1 unspecified atom stereocenters. The van der Waals surface area contributed by atoms with Gasteiger partial charge in [-0.05, 0) is 33.9 Å². The maximum Gasteiger partial charge on any atom is 0.191 e. The van der Waals surface area contributed by atoms with Gasteiger partial charge < -0.3 is 15.5 Å². The van der Waals surface area contributed by atoms with Crippen molar-refractivity contribution in [2.75, 3.05) is 47.3 Å². The first-order valence-corrected chi connectivity index (χ1v) is 9.38. The number of hydrogen-bond donors (Lipinski definition) is 2. The van der Waals surface area contributed by atoms with Gasteiger partial charge in [0.05, 0.1) is 12.2 Å². The van der Waals surface area contributed by atoms with Crippen molar-refractivity contribution in [1.29, 1.82) is 0 Å². The molecule has 154 valence electrons. The number of piperidine rings is 1. The molecule has 0 aromatic carbocycles. The minimum Gasteiger partial charge on any atom is -0.354 e. The van der Waals surface area contributed by atoms with Gasteiger partial charge >= 0.3 is 0 Å². The molecule has 2 rings (SSSR count). The Morgan fingerprint density at radius 1 is 1.41 bits per heavy atom. The van der Waals surface area contributed by atoms with E-state index < -0.39 is 0 Å². The highest BCUT2D eigenvalue weighted by Gasteiger charge is 2.21. The highest BCUT2D eigenvalue weighted by atomic mass is 127. The molecule has 1 aromatic rings. The Hall–Kier alpha value is -1.13. The fraction of sp³-hybridized carbons (Fsp3) is 0.684. The summed E-state index contributed by atoms with van der Waals surface area (Å²) in [4.78, 5) is 9.08. The van der Waals surface area contributed by atoms with Gasteiger partial charge in [-0.2, -0.15) is 5.10 Å². The smallest absolute Gasteiger partial charge is 0.191 e. The largest absolute Gasteiger partial charge is 0.354 e. The first-order valence-electron chi connectivity index (χ1n) is 9.38. The zero-order valence-corrected chi connectivity index (χ0v) is 19.7. The topological polar surface area (TPSA) is 60.7 Å². The van der Waals surface area contributed by atoms with E-state index in [1.54, 1.807) is 0 Å². The third-order valence-electron chi connectivity index (χ3n) is 4.84. The summed E-state index contributed by atoms with van der Waals surface area (Å²) in [5, 5.41) is 11.4. The van der Waals surface area contributed by atoms with Gasteiger partial charge in [0.1, 0.15) is 0 Å². The minimum atomic E-state index is 0. The molecule has 0 saturated carbocycles. The first-order chi connectivity index (χ1) is 12.4. The van der Waals surface area contributed by atoms with Crippen LogP contribution in [0.1, 0.15) is 31.4 Å². The molecule has 1 saturated heterocycles. The summed E-state index contributed by atoms with van der Waals surface area (Å²) in [7, 11) is 7.96. The summed E-state index contributed by atoms with van der Waals surface area (Å²) in [6.07, 6.45) is 6.26. The maximum atomic E-state index is 4.41. The van der Waals surface area contributed by atoms with Gasteiger partial charge in [-0.3, -0.25) is 14.6 Å². The van der Waals surface area contributed by atoms with Crippen LogP contribution in [0.3, 0.4) is 0 Å². The second kappa shape index (κ2) is 11.7. The zero-order chi connectivity index (χ0) is 19.1. The van der Waals surface area contributed by atoms with Crippen LogP contribution in [-0.4, -0.2) is 78.9 Å². The molecule has 1 aliphatic rings. The fourth-order valence-corrected chi connectivity index (χ4v) is 3.41. The lowest BCUT2D eigenvalue weighted by Crippen LogP contribution is -2.50. The standard InChI is InChI=1S/C19H35N7.HI/c1-15(2)13-26-9-7-17(8-10-26)23-19(20-3)21-12-18(24(4)5)16-11-22-25(6)14-16;/h11,14,17-18H,1,7-10,12-13H2,2-6H3,(H2,20,21,23);1H. The lowest BCUT2D eigenvalue weighted by molar-refractivity contribution is 0.220. The lowest BCUT2D eigenvalue weighted by atomic mass is 10.0. The van der Waals surface area contributed by atoms with E-state index >= 15 is 0 Å². The van der Waals surface area contributed by atoms with Crippen molar-refractivity contribution in [2.45, 2.75) is 31.8 Å². The van der Waals surface area contributed by atoms with Crippen molar-refractivity contribution in [3.8, 4) is 0 Å². The second-order valence-corrected chi connectivity index (χ2v) is 7.53. The number of rotatable bonds is 7. The molecule has 27 heavy (non-hydrogen) atoms. The quantitative estimate of drug-likeness (QED) is 0.265. The molecule has 1 atom stereocenters. The number of aromatic nitrogens is 2. The average Bonchev–Trinajstić information content (AvgIpc) is 3.01. The molecule has 2 N–H and O–H groups in total. The van der Waals surface area contributed by atoms with E-state index in [1.807, 2.05) is 25.0 Å². The van der Waals surface area contributed by atoms with Crippen LogP contribution < -0.4 is 10.6 Å². The van der Waals surface area contributed by atoms with E-state index in [2.05, 4.69) is 64.3 Å². The highest BCUT2D eigenvalue weighted by molar-refractivity contribution is 14.0. The molecule has 8 heteroatoms. The van der Waals surface area contributed by atoms with Crippen LogP contribution in [0.2, 0.25) is 0 Å². The number of aliphatic imine (C=N–C) groups is 1. The van der Waals surface area contributed by atoms with E-state index in [1.165, 1.54) is 11.1 Å². The summed E-state index contributed by atoms with van der Waals surface area (Å²) >= 11 is 0. The summed E-state index contributed by atoms with van der Waals surface area (Å²) < 4.78 is 1.84. The fourth-order valence-electron chi connectivity index (χ4n) is 3.41. The van der Waals surface area contributed by atoms with Gasteiger partial charge in [0.15, 0.2) is 5.96 Å². The molecular weight excluding hydrogens is 453 g/mol. The van der Waals surface area contributed by atoms with Crippen LogP contribution in [-0.2, 0) is 7.05 Å². The number of likely N-dealkylation sites (tertiary alicyclic amines) is 1. The minimum absolute atomic E-state index is 0. The van der Waals surface area contributed by atoms with Gasteiger partial charge in [-0.25, -0.2) is 0 Å². The van der Waals surface area contributed by atoms with Crippen molar-refractivity contribution in [3.63, 3.8) is 0 Å². The van der Waals surface area contributed by atoms with E-state index in [9.17, 15) is 0 Å². The van der Waals surface area contributed by atoms with Crippen molar-refractivity contribution in [3.05, 3.63) is 30.1 Å². The van der Waals surface area contributed by atoms with Gasteiger partial charge in [-0.15, -0.1) is 24.0 Å². The average molecular weight is 489 g/mol. The Morgan fingerprint density at radius 3 is 2.56 bits per heavy atom. The van der Waals surface area contributed by atoms with E-state index in [4.69, 9.17) is 0 Å². The highest BCUT2D eigenvalue weighted by Crippen LogP contribution is 2.16. The first kappa shape index (κ1) is 23.9. The normalized spacial score (nSPS) is 17.5. The van der Waals surface area contributed by atoms with Crippen LogP contribution >= 0.6 is 24.0 Å². The molecule has 1 fully saturated rings.